The Morgan fingerprint density at radius 2 is 2.38 bits per heavy atom. The van der Waals surface area contributed by atoms with Crippen LogP contribution in [-0.2, 0) is 18.2 Å². The smallest absolute Gasteiger partial charge is 0.133 e. The van der Waals surface area contributed by atoms with Gasteiger partial charge >= 0.3 is 0 Å². The molecule has 0 spiro atoms. The molecule has 0 amide bonds. The lowest BCUT2D eigenvalue weighted by molar-refractivity contribution is -0.00963. The summed E-state index contributed by atoms with van der Waals surface area (Å²) in [6, 6.07) is 0.629. The van der Waals surface area contributed by atoms with Gasteiger partial charge in [-0.25, -0.2) is 0 Å². The van der Waals surface area contributed by atoms with Gasteiger partial charge in [0.05, 0.1) is 6.10 Å². The molecule has 1 heterocycles. The quantitative estimate of drug-likeness (QED) is 0.765. The maximum Gasteiger partial charge on any atom is 0.133 e. The van der Waals surface area contributed by atoms with Gasteiger partial charge < -0.3 is 14.6 Å². The number of hydrogen-bond donors (Lipinski definition) is 1. The highest BCUT2D eigenvalue weighted by Crippen LogP contribution is 2.22. The molecule has 1 N–H and O–H groups in total. The van der Waals surface area contributed by atoms with Gasteiger partial charge in [-0.15, -0.1) is 10.2 Å². The molecule has 1 aliphatic carbocycles. The van der Waals surface area contributed by atoms with E-state index in [1.54, 1.807) is 6.33 Å². The first-order chi connectivity index (χ1) is 7.79. The summed E-state index contributed by atoms with van der Waals surface area (Å²) >= 11 is 0. The van der Waals surface area contributed by atoms with E-state index in [0.717, 1.165) is 38.2 Å². The highest BCUT2D eigenvalue weighted by Gasteiger charge is 2.28. The standard InChI is InChI=1S/C11H20N4O/c1-3-16-10-6-9(7-10)12-5-4-11-14-13-8-15(11)2/h8-10,12H,3-7H2,1-2H3. The second kappa shape index (κ2) is 5.41. The molecule has 5 nitrogen and oxygen atoms in total. The van der Waals surface area contributed by atoms with Gasteiger partial charge in [-0.05, 0) is 19.8 Å². The molecule has 0 radical (unpaired) electrons. The van der Waals surface area contributed by atoms with E-state index < -0.39 is 0 Å². The lowest BCUT2D eigenvalue weighted by Crippen LogP contribution is -2.46. The van der Waals surface area contributed by atoms with E-state index >= 15 is 0 Å². The molecule has 0 unspecified atom stereocenters. The molecule has 0 aromatic carbocycles. The molecule has 1 aliphatic rings. The summed E-state index contributed by atoms with van der Waals surface area (Å²) in [7, 11) is 1.98. The average Bonchev–Trinajstić information content (AvgIpc) is 2.60. The zero-order valence-electron chi connectivity index (χ0n) is 10.0. The number of aryl methyl sites for hydroxylation is 1. The van der Waals surface area contributed by atoms with Crippen molar-refractivity contribution in [3.8, 4) is 0 Å². The maximum atomic E-state index is 5.51. The number of aromatic nitrogens is 3. The Morgan fingerprint density at radius 3 is 3.00 bits per heavy atom. The van der Waals surface area contributed by atoms with Crippen LogP contribution in [0.25, 0.3) is 0 Å². The third-order valence-corrected chi connectivity index (χ3v) is 3.08. The number of ether oxygens (including phenoxy) is 1. The van der Waals surface area contributed by atoms with Gasteiger partial charge in [0.25, 0.3) is 0 Å². The Bertz CT molecular complexity index is 320. The molecule has 5 heteroatoms. The van der Waals surface area contributed by atoms with E-state index in [1.165, 1.54) is 0 Å². The summed E-state index contributed by atoms with van der Waals surface area (Å²) in [6.07, 6.45) is 5.45. The van der Waals surface area contributed by atoms with Crippen LogP contribution in [0.2, 0.25) is 0 Å². The lowest BCUT2D eigenvalue weighted by atomic mass is 9.89. The SMILES string of the molecule is CCOC1CC(NCCc2nncn2C)C1. The molecular weight excluding hydrogens is 204 g/mol. The van der Waals surface area contributed by atoms with Crippen molar-refractivity contribution in [2.75, 3.05) is 13.2 Å². The van der Waals surface area contributed by atoms with E-state index in [0.29, 0.717) is 12.1 Å². The van der Waals surface area contributed by atoms with Crippen LogP contribution in [0.1, 0.15) is 25.6 Å². The predicted molar refractivity (Wildman–Crippen MR) is 61.1 cm³/mol. The Kier molecular flexibility index (Phi) is 3.90. The van der Waals surface area contributed by atoms with Crippen LogP contribution in [0, 0.1) is 0 Å². The van der Waals surface area contributed by atoms with Gasteiger partial charge in [-0.2, -0.15) is 0 Å². The van der Waals surface area contributed by atoms with Crippen molar-refractivity contribution in [1.29, 1.82) is 0 Å². The Hall–Kier alpha value is -0.940. The van der Waals surface area contributed by atoms with Crippen LogP contribution in [-0.4, -0.2) is 40.1 Å². The molecule has 1 aromatic rings. The van der Waals surface area contributed by atoms with Gasteiger partial charge in [0.1, 0.15) is 12.2 Å². The summed E-state index contributed by atoms with van der Waals surface area (Å²) in [5.74, 6) is 1.04. The number of hydrogen-bond acceptors (Lipinski definition) is 4. The van der Waals surface area contributed by atoms with Crippen molar-refractivity contribution >= 4 is 0 Å². The fourth-order valence-corrected chi connectivity index (χ4v) is 2.03. The van der Waals surface area contributed by atoms with Crippen molar-refractivity contribution in [3.63, 3.8) is 0 Å². The molecule has 1 aromatic heterocycles. The summed E-state index contributed by atoms with van der Waals surface area (Å²) in [4.78, 5) is 0. The number of rotatable bonds is 6. The molecule has 0 atom stereocenters. The van der Waals surface area contributed by atoms with E-state index in [2.05, 4.69) is 22.4 Å². The average molecular weight is 224 g/mol. The van der Waals surface area contributed by atoms with Crippen LogP contribution >= 0.6 is 0 Å². The summed E-state index contributed by atoms with van der Waals surface area (Å²) in [5, 5.41) is 11.4. The highest BCUT2D eigenvalue weighted by atomic mass is 16.5. The monoisotopic (exact) mass is 224 g/mol. The molecule has 1 fully saturated rings. The minimum absolute atomic E-state index is 0.484. The van der Waals surface area contributed by atoms with E-state index in [9.17, 15) is 0 Å². The zero-order valence-corrected chi connectivity index (χ0v) is 10.0. The summed E-state index contributed by atoms with van der Waals surface area (Å²) < 4.78 is 7.48. The zero-order chi connectivity index (χ0) is 11.4. The van der Waals surface area contributed by atoms with E-state index in [4.69, 9.17) is 4.74 Å². The van der Waals surface area contributed by atoms with Crippen molar-refractivity contribution in [3.05, 3.63) is 12.2 Å². The molecule has 16 heavy (non-hydrogen) atoms. The van der Waals surface area contributed by atoms with Crippen molar-refractivity contribution < 1.29 is 4.74 Å². The Morgan fingerprint density at radius 1 is 1.56 bits per heavy atom. The lowest BCUT2D eigenvalue weighted by Gasteiger charge is -2.35. The van der Waals surface area contributed by atoms with Crippen LogP contribution in [0.15, 0.2) is 6.33 Å². The molecule has 90 valence electrons. The van der Waals surface area contributed by atoms with Crippen LogP contribution in [0.3, 0.4) is 0 Å². The third kappa shape index (κ3) is 2.80. The summed E-state index contributed by atoms with van der Waals surface area (Å²) in [6.45, 7) is 3.85. The van der Waals surface area contributed by atoms with Gasteiger partial charge in [-0.3, -0.25) is 0 Å². The van der Waals surface area contributed by atoms with Gasteiger partial charge in [0.2, 0.25) is 0 Å². The van der Waals surface area contributed by atoms with Gasteiger partial charge in [0, 0.05) is 32.7 Å². The molecular formula is C11H20N4O. The summed E-state index contributed by atoms with van der Waals surface area (Å²) in [5.41, 5.74) is 0. The Balaban J connectivity index is 1.58. The minimum atomic E-state index is 0.484. The fraction of sp³-hybridized carbons (Fsp3) is 0.818. The first-order valence-electron chi connectivity index (χ1n) is 5.97. The fourth-order valence-electron chi connectivity index (χ4n) is 2.03. The third-order valence-electron chi connectivity index (χ3n) is 3.08. The van der Waals surface area contributed by atoms with Crippen LogP contribution in [0.5, 0.6) is 0 Å². The molecule has 1 saturated carbocycles. The second-order valence-corrected chi connectivity index (χ2v) is 4.31. The normalized spacial score (nSPS) is 24.4. The van der Waals surface area contributed by atoms with Crippen LogP contribution in [0.4, 0.5) is 0 Å². The molecule has 0 aliphatic heterocycles. The van der Waals surface area contributed by atoms with Crippen LogP contribution < -0.4 is 5.32 Å². The van der Waals surface area contributed by atoms with E-state index in [-0.39, 0.29) is 0 Å². The molecule has 0 saturated heterocycles. The molecule has 0 bridgehead atoms. The minimum Gasteiger partial charge on any atom is -0.378 e. The number of nitrogens with one attached hydrogen (secondary N) is 1. The van der Waals surface area contributed by atoms with E-state index in [1.807, 2.05) is 11.6 Å². The predicted octanol–water partition coefficient (Wildman–Crippen LogP) is 0.515. The first-order valence-corrected chi connectivity index (χ1v) is 5.97. The van der Waals surface area contributed by atoms with Crippen molar-refractivity contribution in [2.24, 2.45) is 7.05 Å². The van der Waals surface area contributed by atoms with Crippen molar-refractivity contribution in [2.45, 2.75) is 38.3 Å². The number of nitrogens with zero attached hydrogens (tertiary/aromatic N) is 3. The van der Waals surface area contributed by atoms with Gasteiger partial charge in [0.15, 0.2) is 0 Å². The highest BCUT2D eigenvalue weighted by molar-refractivity contribution is 4.89. The largest absolute Gasteiger partial charge is 0.378 e. The first kappa shape index (κ1) is 11.5. The Labute approximate surface area is 96.2 Å². The van der Waals surface area contributed by atoms with Crippen molar-refractivity contribution in [1.82, 2.24) is 20.1 Å². The van der Waals surface area contributed by atoms with Gasteiger partial charge in [-0.1, -0.05) is 0 Å². The maximum absolute atomic E-state index is 5.51. The molecule has 2 rings (SSSR count). The topological polar surface area (TPSA) is 52.0 Å². The second-order valence-electron chi connectivity index (χ2n) is 4.31.